The first kappa shape index (κ1) is 21.3. The lowest BCUT2D eigenvalue weighted by atomic mass is 9.83. The third-order valence-electron chi connectivity index (χ3n) is 4.79. The molecule has 0 radical (unpaired) electrons. The lowest BCUT2D eigenvalue weighted by molar-refractivity contribution is -0.114. The number of alkyl halides is 2. The topological polar surface area (TPSA) is 91.7 Å². The monoisotopic (exact) mass is 430 g/mol. The Balaban J connectivity index is 1.93. The number of pyridine rings is 1. The largest absolute Gasteiger partial charge is 0.345 e. The van der Waals surface area contributed by atoms with Gasteiger partial charge < -0.3 is 5.32 Å². The number of aromatic nitrogens is 1. The van der Waals surface area contributed by atoms with Crippen LogP contribution < -0.4 is 5.32 Å². The molecule has 1 aromatic heterocycles. The molecule has 29 heavy (non-hydrogen) atoms. The second kappa shape index (κ2) is 7.77. The SMILES string of the molecule is CC(C)N1C(C(=O)Nc2cccc(F)n2)=CC(C2CCC(F)(F)CC2)=NS1(=O)=O. The average Bonchev–Trinajstić information content (AvgIpc) is 2.59. The van der Waals surface area contributed by atoms with E-state index in [2.05, 4.69) is 14.7 Å². The highest BCUT2D eigenvalue weighted by Crippen LogP contribution is 2.38. The van der Waals surface area contributed by atoms with Gasteiger partial charge in [0.25, 0.3) is 5.91 Å². The van der Waals surface area contributed by atoms with Crippen molar-refractivity contribution in [2.24, 2.45) is 10.3 Å². The highest BCUT2D eigenvalue weighted by molar-refractivity contribution is 7.88. The van der Waals surface area contributed by atoms with Gasteiger partial charge in [0.15, 0.2) is 0 Å². The molecule has 0 saturated heterocycles. The smallest absolute Gasteiger partial charge is 0.305 e. The number of allylic oxidation sites excluding steroid dienone is 1. The van der Waals surface area contributed by atoms with Crippen molar-refractivity contribution in [3.8, 4) is 0 Å². The standard InChI is InChI=1S/C18H21F3N4O3S/c1-11(2)25-14(17(26)23-16-5-3-4-15(19)22-16)10-13(24-29(25,27)28)12-6-8-18(20,21)9-7-12/h3-5,10-12H,6-9H2,1-2H3,(H,22,23,26). The Morgan fingerprint density at radius 1 is 1.28 bits per heavy atom. The van der Waals surface area contributed by atoms with Crippen molar-refractivity contribution in [1.29, 1.82) is 0 Å². The van der Waals surface area contributed by atoms with E-state index in [9.17, 15) is 26.4 Å². The van der Waals surface area contributed by atoms with E-state index >= 15 is 0 Å². The van der Waals surface area contributed by atoms with E-state index in [0.29, 0.717) is 0 Å². The molecule has 158 valence electrons. The Bertz CT molecular complexity index is 966. The van der Waals surface area contributed by atoms with Crippen LogP contribution in [0, 0.1) is 11.9 Å². The van der Waals surface area contributed by atoms with Gasteiger partial charge in [-0.25, -0.2) is 18.1 Å². The number of carbonyl (C=O) groups excluding carboxylic acids is 1. The van der Waals surface area contributed by atoms with E-state index < -0.39 is 39.9 Å². The number of hydrogen-bond acceptors (Lipinski definition) is 4. The summed E-state index contributed by atoms with van der Waals surface area (Å²) < 4.78 is 70.3. The lowest BCUT2D eigenvalue weighted by Gasteiger charge is -2.33. The molecule has 1 aliphatic carbocycles. The molecular weight excluding hydrogens is 409 g/mol. The molecule has 1 aliphatic heterocycles. The zero-order valence-electron chi connectivity index (χ0n) is 15.9. The number of nitrogens with zero attached hydrogens (tertiary/aromatic N) is 3. The summed E-state index contributed by atoms with van der Waals surface area (Å²) in [5.74, 6) is -4.97. The van der Waals surface area contributed by atoms with Gasteiger partial charge in [-0.3, -0.25) is 4.79 Å². The van der Waals surface area contributed by atoms with Crippen LogP contribution in [0.3, 0.4) is 0 Å². The van der Waals surface area contributed by atoms with Crippen LogP contribution in [0.25, 0.3) is 0 Å². The normalized spacial score (nSPS) is 21.5. The number of amides is 1. The predicted octanol–water partition coefficient (Wildman–Crippen LogP) is 3.28. The van der Waals surface area contributed by atoms with E-state index in [1.54, 1.807) is 13.8 Å². The Hall–Kier alpha value is -2.43. The zero-order chi connectivity index (χ0) is 21.4. The average molecular weight is 430 g/mol. The molecule has 1 N–H and O–H groups in total. The summed E-state index contributed by atoms with van der Waals surface area (Å²) in [6.45, 7) is 3.14. The van der Waals surface area contributed by atoms with Gasteiger partial charge in [-0.2, -0.15) is 12.8 Å². The summed E-state index contributed by atoms with van der Waals surface area (Å²) in [4.78, 5) is 16.3. The molecule has 1 saturated carbocycles. The number of rotatable bonds is 4. The predicted molar refractivity (Wildman–Crippen MR) is 101 cm³/mol. The quantitative estimate of drug-likeness (QED) is 0.742. The molecule has 2 aliphatic rings. The lowest BCUT2D eigenvalue weighted by Crippen LogP contribution is -2.43. The van der Waals surface area contributed by atoms with Crippen LogP contribution in [0.1, 0.15) is 39.5 Å². The van der Waals surface area contributed by atoms with E-state index in [1.165, 1.54) is 18.2 Å². The van der Waals surface area contributed by atoms with Gasteiger partial charge in [0.05, 0.1) is 5.71 Å². The van der Waals surface area contributed by atoms with Crippen molar-refractivity contribution in [3.05, 3.63) is 35.9 Å². The third kappa shape index (κ3) is 4.77. The van der Waals surface area contributed by atoms with Gasteiger partial charge in [0.1, 0.15) is 11.5 Å². The van der Waals surface area contributed by atoms with Gasteiger partial charge in [-0.15, -0.1) is 4.40 Å². The van der Waals surface area contributed by atoms with E-state index in [1.807, 2.05) is 0 Å². The summed E-state index contributed by atoms with van der Waals surface area (Å²) >= 11 is 0. The molecule has 0 bridgehead atoms. The first-order valence-electron chi connectivity index (χ1n) is 9.16. The molecule has 0 aromatic carbocycles. The highest BCUT2D eigenvalue weighted by Gasteiger charge is 2.40. The number of nitrogens with one attached hydrogen (secondary N) is 1. The maximum absolute atomic E-state index is 13.5. The molecule has 3 rings (SSSR count). The van der Waals surface area contributed by atoms with Crippen LogP contribution in [0.15, 0.2) is 34.4 Å². The third-order valence-corrected chi connectivity index (χ3v) is 6.34. The first-order chi connectivity index (χ1) is 13.5. The minimum atomic E-state index is -4.23. The molecule has 1 fully saturated rings. The molecule has 11 heteroatoms. The van der Waals surface area contributed by atoms with Crippen LogP contribution in [0.5, 0.6) is 0 Å². The van der Waals surface area contributed by atoms with Crippen LogP contribution in [-0.2, 0) is 15.0 Å². The molecule has 1 aromatic rings. The Kier molecular flexibility index (Phi) is 5.70. The van der Waals surface area contributed by atoms with E-state index in [-0.39, 0.29) is 42.9 Å². The fourth-order valence-electron chi connectivity index (χ4n) is 3.43. The second-order valence-electron chi connectivity index (χ2n) is 7.34. The Morgan fingerprint density at radius 3 is 2.52 bits per heavy atom. The first-order valence-corrected chi connectivity index (χ1v) is 10.6. The van der Waals surface area contributed by atoms with Crippen molar-refractivity contribution in [2.75, 3.05) is 5.32 Å². The highest BCUT2D eigenvalue weighted by atomic mass is 32.2. The van der Waals surface area contributed by atoms with E-state index in [4.69, 9.17) is 0 Å². The molecule has 1 amide bonds. The maximum atomic E-state index is 13.5. The van der Waals surface area contributed by atoms with Gasteiger partial charge >= 0.3 is 10.2 Å². The number of hydrogen-bond donors (Lipinski definition) is 1. The van der Waals surface area contributed by atoms with Gasteiger partial charge in [0.2, 0.25) is 11.9 Å². The van der Waals surface area contributed by atoms with Gasteiger partial charge in [-0.05, 0) is 44.9 Å². The Morgan fingerprint density at radius 2 is 1.93 bits per heavy atom. The number of anilines is 1. The molecule has 2 heterocycles. The van der Waals surface area contributed by atoms with Crippen LogP contribution in [-0.4, -0.2) is 41.3 Å². The molecule has 0 atom stereocenters. The van der Waals surface area contributed by atoms with Crippen molar-refractivity contribution < 1.29 is 26.4 Å². The zero-order valence-corrected chi connectivity index (χ0v) is 16.7. The summed E-state index contributed by atoms with van der Waals surface area (Å²) in [7, 11) is -4.23. The summed E-state index contributed by atoms with van der Waals surface area (Å²) in [5, 5.41) is 2.37. The van der Waals surface area contributed by atoms with Crippen molar-refractivity contribution >= 4 is 27.6 Å². The molecule has 0 unspecified atom stereocenters. The van der Waals surface area contributed by atoms with Crippen molar-refractivity contribution in [1.82, 2.24) is 9.29 Å². The van der Waals surface area contributed by atoms with Crippen LogP contribution in [0.2, 0.25) is 0 Å². The number of carbonyl (C=O) groups is 1. The minimum Gasteiger partial charge on any atom is -0.305 e. The summed E-state index contributed by atoms with van der Waals surface area (Å²) in [6.07, 6.45) is 0.712. The van der Waals surface area contributed by atoms with Crippen molar-refractivity contribution in [2.45, 2.75) is 51.5 Å². The Labute approximate surface area is 166 Å². The number of halogens is 3. The maximum Gasteiger partial charge on any atom is 0.345 e. The fraction of sp³-hybridized carbons (Fsp3) is 0.500. The second-order valence-corrected chi connectivity index (χ2v) is 8.81. The van der Waals surface area contributed by atoms with Gasteiger partial charge in [0, 0.05) is 24.8 Å². The van der Waals surface area contributed by atoms with E-state index in [0.717, 1.165) is 10.4 Å². The molecular formula is C18H21F3N4O3S. The summed E-state index contributed by atoms with van der Waals surface area (Å²) in [6, 6.07) is 3.18. The molecule has 0 spiro atoms. The fourth-order valence-corrected chi connectivity index (χ4v) is 4.90. The van der Waals surface area contributed by atoms with Crippen molar-refractivity contribution in [3.63, 3.8) is 0 Å². The van der Waals surface area contributed by atoms with Crippen LogP contribution in [0.4, 0.5) is 19.0 Å². The van der Waals surface area contributed by atoms with Crippen LogP contribution >= 0.6 is 0 Å². The summed E-state index contributed by atoms with van der Waals surface area (Å²) in [5.41, 5.74) is -0.136. The van der Waals surface area contributed by atoms with Gasteiger partial charge in [-0.1, -0.05) is 6.07 Å². The minimum absolute atomic E-state index is 0.0693. The molecule has 7 nitrogen and oxygen atoms in total.